The van der Waals surface area contributed by atoms with Crippen molar-refractivity contribution in [2.75, 3.05) is 11.5 Å². The van der Waals surface area contributed by atoms with Crippen molar-refractivity contribution >= 4 is 17.4 Å². The number of fused-ring (bicyclic) bond motifs is 1. The molecule has 5 rings (SSSR count). The van der Waals surface area contributed by atoms with Crippen LogP contribution < -0.4 is 11.5 Å². The molecule has 4 N–H and O–H groups in total. The van der Waals surface area contributed by atoms with E-state index in [0.717, 1.165) is 0 Å². The average molecular weight is 430 g/mol. The Hall–Kier alpha value is -4.47. The van der Waals surface area contributed by atoms with E-state index in [-0.39, 0.29) is 23.9 Å². The molecule has 10 heteroatoms. The molecule has 5 aromatic rings. The van der Waals surface area contributed by atoms with Crippen LogP contribution in [0.5, 0.6) is 0 Å². The third-order valence-corrected chi connectivity index (χ3v) is 4.90. The van der Waals surface area contributed by atoms with Crippen molar-refractivity contribution in [3.05, 3.63) is 84.1 Å². The zero-order valence-corrected chi connectivity index (χ0v) is 16.6. The standard InChI is InChI=1S/C22H16F2N8/c23-14-5-3-12(4-6-14)20-19(13-7-9-28-17(25)10-13)21-29-18(31-32(21)22(26)30-20)11-16-15(24)2-1-8-27-16/h1-10H,11H2,(H2,25,28)(H2,26,30). The lowest BCUT2D eigenvalue weighted by atomic mass is 10.0. The normalized spacial score (nSPS) is 11.2. The third-order valence-electron chi connectivity index (χ3n) is 4.90. The second kappa shape index (κ2) is 7.65. The number of aromatic nitrogens is 6. The third kappa shape index (κ3) is 3.47. The summed E-state index contributed by atoms with van der Waals surface area (Å²) in [6, 6.07) is 12.1. The first-order chi connectivity index (χ1) is 15.5. The Kier molecular flexibility index (Phi) is 4.66. The number of nitrogens with two attached hydrogens (primary N) is 2. The van der Waals surface area contributed by atoms with Crippen LogP contribution >= 0.6 is 0 Å². The van der Waals surface area contributed by atoms with Gasteiger partial charge in [0.1, 0.15) is 17.5 Å². The summed E-state index contributed by atoms with van der Waals surface area (Å²) < 4.78 is 29.0. The quantitative estimate of drug-likeness (QED) is 0.449. The second-order valence-corrected chi connectivity index (χ2v) is 7.04. The number of anilines is 2. The first-order valence-electron chi connectivity index (χ1n) is 9.62. The molecule has 0 saturated heterocycles. The van der Waals surface area contributed by atoms with Gasteiger partial charge < -0.3 is 11.5 Å². The van der Waals surface area contributed by atoms with Gasteiger partial charge in [-0.3, -0.25) is 4.98 Å². The Balaban J connectivity index is 1.76. The molecule has 0 fully saturated rings. The van der Waals surface area contributed by atoms with Crippen LogP contribution in [0.1, 0.15) is 11.5 Å². The second-order valence-electron chi connectivity index (χ2n) is 7.04. The van der Waals surface area contributed by atoms with Gasteiger partial charge in [0.05, 0.1) is 23.4 Å². The first-order valence-corrected chi connectivity index (χ1v) is 9.62. The van der Waals surface area contributed by atoms with E-state index < -0.39 is 5.82 Å². The van der Waals surface area contributed by atoms with Crippen LogP contribution in [-0.2, 0) is 6.42 Å². The molecule has 0 aliphatic heterocycles. The van der Waals surface area contributed by atoms with Gasteiger partial charge in [0.15, 0.2) is 11.5 Å². The van der Waals surface area contributed by atoms with Crippen LogP contribution in [0.3, 0.4) is 0 Å². The molecule has 1 aromatic carbocycles. The van der Waals surface area contributed by atoms with Crippen molar-refractivity contribution in [2.24, 2.45) is 0 Å². The molecule has 4 aromatic heterocycles. The molecular formula is C22H16F2N8. The topological polar surface area (TPSA) is 121 Å². The van der Waals surface area contributed by atoms with Gasteiger partial charge in [0, 0.05) is 18.0 Å². The Morgan fingerprint density at radius 2 is 1.69 bits per heavy atom. The predicted octanol–water partition coefficient (Wildman–Crippen LogP) is 3.28. The molecule has 0 amide bonds. The molecule has 4 heterocycles. The number of hydrogen-bond donors (Lipinski definition) is 2. The van der Waals surface area contributed by atoms with Gasteiger partial charge in [0.2, 0.25) is 5.95 Å². The summed E-state index contributed by atoms with van der Waals surface area (Å²) in [7, 11) is 0. The van der Waals surface area contributed by atoms with Crippen molar-refractivity contribution in [3.63, 3.8) is 0 Å². The first kappa shape index (κ1) is 19.5. The lowest BCUT2D eigenvalue weighted by Gasteiger charge is -2.12. The zero-order valence-electron chi connectivity index (χ0n) is 16.6. The Morgan fingerprint density at radius 1 is 0.875 bits per heavy atom. The van der Waals surface area contributed by atoms with Gasteiger partial charge in [-0.1, -0.05) is 0 Å². The zero-order chi connectivity index (χ0) is 22.2. The van der Waals surface area contributed by atoms with E-state index in [1.54, 1.807) is 30.5 Å². The lowest BCUT2D eigenvalue weighted by Crippen LogP contribution is -2.06. The highest BCUT2D eigenvalue weighted by atomic mass is 19.1. The number of halogens is 2. The van der Waals surface area contributed by atoms with Gasteiger partial charge in [-0.2, -0.15) is 4.52 Å². The van der Waals surface area contributed by atoms with Crippen LogP contribution in [0.2, 0.25) is 0 Å². The average Bonchev–Trinajstić information content (AvgIpc) is 3.20. The maximum Gasteiger partial charge on any atom is 0.223 e. The van der Waals surface area contributed by atoms with Crippen molar-refractivity contribution in [3.8, 4) is 22.4 Å². The van der Waals surface area contributed by atoms with E-state index in [9.17, 15) is 8.78 Å². The molecule has 158 valence electrons. The fourth-order valence-electron chi connectivity index (χ4n) is 3.46. The van der Waals surface area contributed by atoms with E-state index in [0.29, 0.717) is 39.7 Å². The summed E-state index contributed by atoms with van der Waals surface area (Å²) >= 11 is 0. The highest BCUT2D eigenvalue weighted by Crippen LogP contribution is 2.35. The smallest absolute Gasteiger partial charge is 0.223 e. The van der Waals surface area contributed by atoms with Crippen molar-refractivity contribution in [1.29, 1.82) is 0 Å². The van der Waals surface area contributed by atoms with Crippen molar-refractivity contribution in [1.82, 2.24) is 29.5 Å². The number of pyridine rings is 2. The minimum atomic E-state index is -0.452. The summed E-state index contributed by atoms with van der Waals surface area (Å²) in [6.07, 6.45) is 3.13. The van der Waals surface area contributed by atoms with Crippen molar-refractivity contribution in [2.45, 2.75) is 6.42 Å². The van der Waals surface area contributed by atoms with Crippen LogP contribution in [0.15, 0.2) is 60.9 Å². The van der Waals surface area contributed by atoms with E-state index in [1.165, 1.54) is 35.0 Å². The minimum Gasteiger partial charge on any atom is -0.384 e. The number of rotatable bonds is 4. The van der Waals surface area contributed by atoms with E-state index >= 15 is 0 Å². The van der Waals surface area contributed by atoms with E-state index in [2.05, 4.69) is 25.0 Å². The largest absolute Gasteiger partial charge is 0.384 e. The van der Waals surface area contributed by atoms with Crippen LogP contribution in [0.4, 0.5) is 20.5 Å². The number of nitrogen functional groups attached to an aromatic ring is 2. The SMILES string of the molecule is Nc1cc(-c2c(-c3ccc(F)cc3)nc(N)n3nc(Cc4ncccc4F)nc23)ccn1. The Bertz CT molecular complexity index is 1450. The molecule has 0 spiro atoms. The molecule has 8 nitrogen and oxygen atoms in total. The molecule has 32 heavy (non-hydrogen) atoms. The van der Waals surface area contributed by atoms with Crippen LogP contribution in [-0.4, -0.2) is 29.5 Å². The summed E-state index contributed by atoms with van der Waals surface area (Å²) in [5, 5.41) is 4.41. The summed E-state index contributed by atoms with van der Waals surface area (Å²) in [5.74, 6) is -0.134. The summed E-state index contributed by atoms with van der Waals surface area (Å²) in [5.41, 5.74) is 15.1. The predicted molar refractivity (Wildman–Crippen MR) is 115 cm³/mol. The highest BCUT2D eigenvalue weighted by molar-refractivity contribution is 5.91. The Morgan fingerprint density at radius 3 is 2.44 bits per heavy atom. The minimum absolute atomic E-state index is 0.0671. The van der Waals surface area contributed by atoms with Gasteiger partial charge >= 0.3 is 0 Å². The number of hydrogen-bond acceptors (Lipinski definition) is 7. The fraction of sp³-hybridized carbons (Fsp3) is 0.0455. The fourth-order valence-corrected chi connectivity index (χ4v) is 3.46. The van der Waals surface area contributed by atoms with Gasteiger partial charge in [0.25, 0.3) is 0 Å². The summed E-state index contributed by atoms with van der Waals surface area (Å²) in [6.45, 7) is 0. The maximum atomic E-state index is 14.1. The molecule has 0 atom stereocenters. The molecule has 0 unspecified atom stereocenters. The summed E-state index contributed by atoms with van der Waals surface area (Å²) in [4.78, 5) is 17.2. The van der Waals surface area contributed by atoms with Gasteiger partial charge in [-0.05, 0) is 54.1 Å². The monoisotopic (exact) mass is 430 g/mol. The highest BCUT2D eigenvalue weighted by Gasteiger charge is 2.21. The van der Waals surface area contributed by atoms with E-state index in [4.69, 9.17) is 11.5 Å². The number of nitrogens with zero attached hydrogens (tertiary/aromatic N) is 6. The number of benzene rings is 1. The molecular weight excluding hydrogens is 414 g/mol. The Labute approximate surface area is 180 Å². The molecule has 0 aliphatic rings. The van der Waals surface area contributed by atoms with Gasteiger partial charge in [-0.25, -0.2) is 23.7 Å². The van der Waals surface area contributed by atoms with Crippen LogP contribution in [0, 0.1) is 11.6 Å². The molecule has 0 radical (unpaired) electrons. The lowest BCUT2D eigenvalue weighted by molar-refractivity contribution is 0.601. The van der Waals surface area contributed by atoms with Crippen molar-refractivity contribution < 1.29 is 8.78 Å². The van der Waals surface area contributed by atoms with Crippen LogP contribution in [0.25, 0.3) is 28.0 Å². The molecule has 0 saturated carbocycles. The van der Waals surface area contributed by atoms with Gasteiger partial charge in [-0.15, -0.1) is 5.10 Å². The molecule has 0 aliphatic carbocycles. The van der Waals surface area contributed by atoms with E-state index in [1.807, 2.05) is 0 Å². The molecule has 0 bridgehead atoms. The maximum absolute atomic E-state index is 14.1.